The zero-order valence-corrected chi connectivity index (χ0v) is 38.5. The minimum Gasteiger partial charge on any atom is -0.462 e. The van der Waals surface area contributed by atoms with Gasteiger partial charge in [0.05, 0.1) is 25.9 Å². The molecule has 0 aliphatic rings. The highest BCUT2D eigenvalue weighted by Gasteiger charge is 2.27. The minimum absolute atomic E-state index is 0.0778. The molecule has 4 N–H and O–H groups in total. The summed E-state index contributed by atoms with van der Waals surface area (Å²) in [5.41, 5.74) is 0. The number of esters is 2. The van der Waals surface area contributed by atoms with Crippen LogP contribution in [0.2, 0.25) is 0 Å². The van der Waals surface area contributed by atoms with Crippen LogP contribution in [0.3, 0.4) is 0 Å². The second-order valence-corrected chi connectivity index (χ2v) is 16.0. The molecule has 0 spiro atoms. The van der Waals surface area contributed by atoms with Crippen molar-refractivity contribution in [3.05, 3.63) is 122 Å². The second-order valence-electron chi connectivity index (χ2n) is 14.5. The summed E-state index contributed by atoms with van der Waals surface area (Å²) in [6, 6.07) is 0. The van der Waals surface area contributed by atoms with Crippen molar-refractivity contribution in [1.29, 1.82) is 0 Å². The molecule has 11 nitrogen and oxygen atoms in total. The maximum atomic E-state index is 12.6. The van der Waals surface area contributed by atoms with E-state index in [4.69, 9.17) is 19.1 Å². The Morgan fingerprint density at radius 1 is 0.565 bits per heavy atom. The van der Waals surface area contributed by atoms with Gasteiger partial charge in [0.2, 0.25) is 0 Å². The molecule has 0 aromatic carbocycles. The Hall–Kier alpha value is -3.67. The molecule has 2 unspecified atom stereocenters. The van der Waals surface area contributed by atoms with Gasteiger partial charge in [0.1, 0.15) is 12.7 Å². The van der Waals surface area contributed by atoms with Gasteiger partial charge in [-0.05, 0) is 89.9 Å². The number of rotatable bonds is 40. The van der Waals surface area contributed by atoms with Crippen LogP contribution >= 0.6 is 7.82 Å². The van der Waals surface area contributed by atoms with E-state index in [2.05, 4.69) is 79.1 Å². The number of hydrogen-bond acceptors (Lipinski definition) is 10. The fourth-order valence-electron chi connectivity index (χ4n) is 5.20. The molecule has 0 amide bonds. The molecule has 4 atom stereocenters. The molecule has 0 aliphatic carbocycles. The van der Waals surface area contributed by atoms with E-state index in [-0.39, 0.29) is 12.8 Å². The van der Waals surface area contributed by atoms with Crippen LogP contribution < -0.4 is 0 Å². The van der Waals surface area contributed by atoms with Gasteiger partial charge in [-0.1, -0.05) is 155 Å². The zero-order chi connectivity index (χ0) is 45.6. The quantitative estimate of drug-likeness (QED) is 0.0152. The molecule has 12 heteroatoms. The number of ether oxygens (including phenoxy) is 2. The van der Waals surface area contributed by atoms with Crippen LogP contribution in [-0.4, -0.2) is 76.9 Å². The lowest BCUT2D eigenvalue weighted by molar-refractivity contribution is -0.161. The lowest BCUT2D eigenvalue weighted by atomic mass is 10.1. The second kappa shape index (κ2) is 44.0. The number of aliphatic hydroxyl groups is 3. The molecular formula is C50H79O11P. The molecule has 0 aromatic heterocycles. The molecule has 0 rings (SSSR count). The van der Waals surface area contributed by atoms with Crippen LogP contribution in [0, 0.1) is 0 Å². The van der Waals surface area contributed by atoms with Gasteiger partial charge in [-0.25, -0.2) is 4.57 Å². The number of hydrogen-bond donors (Lipinski definition) is 4. The maximum absolute atomic E-state index is 12.6. The number of aliphatic hydroxyl groups excluding tert-OH is 3. The molecule has 0 heterocycles. The van der Waals surface area contributed by atoms with Gasteiger partial charge >= 0.3 is 19.8 Å². The first kappa shape index (κ1) is 58.3. The average molecular weight is 887 g/mol. The summed E-state index contributed by atoms with van der Waals surface area (Å²) < 4.78 is 32.6. The van der Waals surface area contributed by atoms with Crippen molar-refractivity contribution in [3.63, 3.8) is 0 Å². The first-order valence-electron chi connectivity index (χ1n) is 22.6. The maximum Gasteiger partial charge on any atom is 0.472 e. The molecule has 0 aromatic rings. The summed E-state index contributed by atoms with van der Waals surface area (Å²) in [4.78, 5) is 35.0. The van der Waals surface area contributed by atoms with Crippen molar-refractivity contribution in [1.82, 2.24) is 0 Å². The van der Waals surface area contributed by atoms with Crippen LogP contribution in [0.15, 0.2) is 122 Å². The van der Waals surface area contributed by atoms with Crippen molar-refractivity contribution in [2.75, 3.05) is 26.4 Å². The molecule has 0 bridgehead atoms. The fraction of sp³-hybridized carbons (Fsp3) is 0.560. The molecule has 0 fully saturated rings. The SMILES string of the molecule is CC/C=C\C/C=C\CC(O)/C=C/C=C\C/C=C\C/C=C\CCC(=O)OC[C@H](COP(=O)(O)OC[C@@H](O)CO)OC(=O)CCCCC/C=C\C/C=C\C/C=C\C/C=C\CCCCC. The number of unbranched alkanes of at least 4 members (excludes halogenated alkanes) is 6. The molecule has 0 saturated heterocycles. The Kier molecular flexibility index (Phi) is 41.4. The summed E-state index contributed by atoms with van der Waals surface area (Å²) in [6.45, 7) is 2.01. The highest BCUT2D eigenvalue weighted by Crippen LogP contribution is 2.43. The fourth-order valence-corrected chi connectivity index (χ4v) is 5.99. The number of carbonyl (C=O) groups excluding carboxylic acids is 2. The van der Waals surface area contributed by atoms with E-state index >= 15 is 0 Å². The minimum atomic E-state index is -4.67. The van der Waals surface area contributed by atoms with Crippen LogP contribution in [0.4, 0.5) is 0 Å². The van der Waals surface area contributed by atoms with Crippen LogP contribution in [0.5, 0.6) is 0 Å². The summed E-state index contributed by atoms with van der Waals surface area (Å²) in [5, 5.41) is 28.4. The van der Waals surface area contributed by atoms with E-state index in [1.807, 2.05) is 54.7 Å². The summed E-state index contributed by atoms with van der Waals surface area (Å²) >= 11 is 0. The van der Waals surface area contributed by atoms with Crippen LogP contribution in [-0.2, 0) is 32.7 Å². The van der Waals surface area contributed by atoms with Gasteiger partial charge < -0.3 is 29.7 Å². The van der Waals surface area contributed by atoms with E-state index < -0.39 is 64.5 Å². The van der Waals surface area contributed by atoms with E-state index in [0.717, 1.165) is 64.2 Å². The molecule has 0 aliphatic heterocycles. The van der Waals surface area contributed by atoms with E-state index in [9.17, 15) is 29.3 Å². The predicted molar refractivity (Wildman–Crippen MR) is 252 cm³/mol. The molecular weight excluding hydrogens is 808 g/mol. The number of carbonyl (C=O) groups is 2. The van der Waals surface area contributed by atoms with Gasteiger partial charge in [-0.15, -0.1) is 0 Å². The van der Waals surface area contributed by atoms with Crippen molar-refractivity contribution in [2.24, 2.45) is 0 Å². The lowest BCUT2D eigenvalue weighted by Crippen LogP contribution is -2.29. The third kappa shape index (κ3) is 43.0. The van der Waals surface area contributed by atoms with Crippen LogP contribution in [0.25, 0.3) is 0 Å². The first-order valence-corrected chi connectivity index (χ1v) is 24.1. The van der Waals surface area contributed by atoms with Gasteiger partial charge in [0.15, 0.2) is 6.10 Å². The summed E-state index contributed by atoms with van der Waals surface area (Å²) in [6.07, 6.45) is 53.4. The Balaban J connectivity index is 4.54. The largest absolute Gasteiger partial charge is 0.472 e. The Labute approximate surface area is 373 Å². The monoisotopic (exact) mass is 887 g/mol. The number of allylic oxidation sites excluding steroid dienone is 18. The van der Waals surface area contributed by atoms with Crippen molar-refractivity contribution < 1.29 is 52.9 Å². The van der Waals surface area contributed by atoms with E-state index in [0.29, 0.717) is 25.7 Å². The summed E-state index contributed by atoms with van der Waals surface area (Å²) in [5.74, 6) is -1.10. The van der Waals surface area contributed by atoms with Gasteiger partial charge in [0, 0.05) is 12.8 Å². The summed E-state index contributed by atoms with van der Waals surface area (Å²) in [7, 11) is -4.67. The lowest BCUT2D eigenvalue weighted by Gasteiger charge is -2.20. The standard InChI is InChI=1S/C50H79O11P/c1-3-5-7-9-11-12-13-14-15-16-17-18-19-20-21-26-29-33-37-41-50(55)61-48(45-60-62(56,57)59-43-47(53)42-51)44-58-49(54)40-36-32-28-25-23-22-24-27-31-35-39-46(52)38-34-30-10-8-6-4-2/h6,8,11-12,14-15,17-18,20-23,27-28,30-32,34-35,39,46-48,51-53H,3-5,7,9-10,13,16,19,24-26,29,33,36-38,40-45H2,1-2H3,(H,56,57)/b8-6-,12-11-,15-14-,18-17-,21-20-,23-22-,31-27-,32-28-,34-30-,39-35+/t46?,47-,48+/m0/s1. The van der Waals surface area contributed by atoms with Gasteiger partial charge in [-0.3, -0.25) is 18.6 Å². The Morgan fingerprint density at radius 3 is 1.69 bits per heavy atom. The molecule has 62 heavy (non-hydrogen) atoms. The third-order valence-corrected chi connectivity index (χ3v) is 9.64. The predicted octanol–water partition coefficient (Wildman–Crippen LogP) is 11.3. The molecule has 0 radical (unpaired) electrons. The van der Waals surface area contributed by atoms with Crippen LogP contribution in [0.1, 0.15) is 136 Å². The Bertz CT molecular complexity index is 1450. The van der Waals surface area contributed by atoms with Crippen molar-refractivity contribution in [3.8, 4) is 0 Å². The number of phosphoric acid groups is 1. The normalized spacial score (nSPS) is 15.4. The third-order valence-electron chi connectivity index (χ3n) is 8.69. The smallest absolute Gasteiger partial charge is 0.462 e. The van der Waals surface area contributed by atoms with E-state index in [1.54, 1.807) is 6.08 Å². The number of phosphoric ester groups is 1. The van der Waals surface area contributed by atoms with E-state index in [1.165, 1.54) is 19.3 Å². The van der Waals surface area contributed by atoms with Gasteiger partial charge in [-0.2, -0.15) is 0 Å². The topological polar surface area (TPSA) is 169 Å². The van der Waals surface area contributed by atoms with Crippen molar-refractivity contribution in [2.45, 2.75) is 154 Å². The zero-order valence-electron chi connectivity index (χ0n) is 37.6. The molecule has 350 valence electrons. The first-order chi connectivity index (χ1) is 30.1. The highest BCUT2D eigenvalue weighted by molar-refractivity contribution is 7.47. The highest BCUT2D eigenvalue weighted by atomic mass is 31.2. The Morgan fingerprint density at radius 2 is 1.10 bits per heavy atom. The van der Waals surface area contributed by atoms with Crippen molar-refractivity contribution >= 4 is 19.8 Å². The average Bonchev–Trinajstić information content (AvgIpc) is 3.26. The molecule has 0 saturated carbocycles. The van der Waals surface area contributed by atoms with Gasteiger partial charge in [0.25, 0.3) is 0 Å².